The molecule has 0 saturated carbocycles. The zero-order chi connectivity index (χ0) is 17.5. The lowest BCUT2D eigenvalue weighted by molar-refractivity contribution is -0.137. The number of carbonyl (C=O) groups is 2. The van der Waals surface area contributed by atoms with Crippen molar-refractivity contribution in [3.05, 3.63) is 23.8 Å². The van der Waals surface area contributed by atoms with E-state index in [1.807, 2.05) is 4.90 Å². The smallest absolute Gasteiger partial charge is 0.370 e. The van der Waals surface area contributed by atoms with E-state index in [4.69, 9.17) is 5.73 Å². The lowest BCUT2D eigenvalue weighted by Gasteiger charge is -2.27. The average Bonchev–Trinajstić information content (AvgIpc) is 3.15. The molecule has 1 unspecified atom stereocenters. The number of alkyl halides is 3. The van der Waals surface area contributed by atoms with E-state index >= 15 is 0 Å². The van der Waals surface area contributed by atoms with Crippen LogP contribution in [0.15, 0.2) is 18.2 Å². The van der Waals surface area contributed by atoms with Crippen LogP contribution in [0.1, 0.15) is 24.8 Å². The van der Waals surface area contributed by atoms with Gasteiger partial charge >= 0.3 is 6.18 Å². The molecule has 24 heavy (non-hydrogen) atoms. The van der Waals surface area contributed by atoms with Crippen molar-refractivity contribution in [2.45, 2.75) is 25.4 Å². The van der Waals surface area contributed by atoms with Gasteiger partial charge in [0.05, 0.1) is 22.9 Å². The van der Waals surface area contributed by atoms with Gasteiger partial charge in [0.15, 0.2) is 0 Å². The Morgan fingerprint density at radius 1 is 1.17 bits per heavy atom. The molecule has 5 nitrogen and oxygen atoms in total. The van der Waals surface area contributed by atoms with E-state index in [0.29, 0.717) is 5.69 Å². The maximum absolute atomic E-state index is 13.1. The minimum atomic E-state index is -4.50. The summed E-state index contributed by atoms with van der Waals surface area (Å²) < 4.78 is 39.2. The molecule has 130 valence electrons. The van der Waals surface area contributed by atoms with Crippen LogP contribution in [0.25, 0.3) is 0 Å². The van der Waals surface area contributed by atoms with Gasteiger partial charge in [-0.3, -0.25) is 9.59 Å². The van der Waals surface area contributed by atoms with Crippen molar-refractivity contribution in [3.63, 3.8) is 0 Å². The average molecular weight is 341 g/mol. The first kappa shape index (κ1) is 16.6. The van der Waals surface area contributed by atoms with Crippen molar-refractivity contribution < 1.29 is 22.8 Å². The Morgan fingerprint density at radius 3 is 2.38 bits per heavy atom. The van der Waals surface area contributed by atoms with Gasteiger partial charge in [0.1, 0.15) is 0 Å². The number of rotatable bonds is 3. The van der Waals surface area contributed by atoms with Crippen LogP contribution in [0.5, 0.6) is 0 Å². The Labute approximate surface area is 137 Å². The van der Waals surface area contributed by atoms with E-state index in [9.17, 15) is 22.8 Å². The van der Waals surface area contributed by atoms with E-state index in [-0.39, 0.29) is 24.6 Å². The predicted octanol–water partition coefficient (Wildman–Crippen LogP) is 2.14. The Balaban J connectivity index is 2.02. The van der Waals surface area contributed by atoms with Crippen molar-refractivity contribution in [1.82, 2.24) is 0 Å². The van der Waals surface area contributed by atoms with Gasteiger partial charge in [-0.2, -0.15) is 13.2 Å². The van der Waals surface area contributed by atoms with Gasteiger partial charge < -0.3 is 15.5 Å². The third-order valence-corrected chi connectivity index (χ3v) is 4.57. The molecular formula is C16H18F3N3O2. The number of halogens is 3. The number of hydrogen-bond donors (Lipinski definition) is 1. The highest BCUT2D eigenvalue weighted by molar-refractivity contribution is 6.02. The van der Waals surface area contributed by atoms with Gasteiger partial charge in [0.2, 0.25) is 11.8 Å². The summed E-state index contributed by atoms with van der Waals surface area (Å²) in [7, 11) is 0. The molecule has 2 amide bonds. The molecule has 1 aromatic carbocycles. The number of benzene rings is 1. The summed E-state index contributed by atoms with van der Waals surface area (Å²) in [6.45, 7) is 1.50. The number of hydrogen-bond acceptors (Lipinski definition) is 3. The summed E-state index contributed by atoms with van der Waals surface area (Å²) in [4.78, 5) is 26.8. The van der Waals surface area contributed by atoms with Crippen molar-refractivity contribution >= 4 is 23.2 Å². The molecule has 2 heterocycles. The van der Waals surface area contributed by atoms with E-state index in [0.717, 1.165) is 38.1 Å². The second-order valence-electron chi connectivity index (χ2n) is 6.20. The summed E-state index contributed by atoms with van der Waals surface area (Å²) in [5.41, 5.74) is 5.25. The second-order valence-corrected chi connectivity index (χ2v) is 6.20. The van der Waals surface area contributed by atoms with Crippen LogP contribution in [-0.2, 0) is 15.8 Å². The highest BCUT2D eigenvalue weighted by Gasteiger charge is 2.38. The zero-order valence-corrected chi connectivity index (χ0v) is 13.0. The van der Waals surface area contributed by atoms with Crippen LogP contribution in [0.4, 0.5) is 24.5 Å². The number of primary amides is 1. The molecule has 2 saturated heterocycles. The van der Waals surface area contributed by atoms with Gasteiger partial charge in [-0.25, -0.2) is 0 Å². The lowest BCUT2D eigenvalue weighted by Crippen LogP contribution is -2.30. The van der Waals surface area contributed by atoms with Crippen LogP contribution in [0.3, 0.4) is 0 Å². The zero-order valence-electron chi connectivity index (χ0n) is 13.0. The largest absolute Gasteiger partial charge is 0.416 e. The predicted molar refractivity (Wildman–Crippen MR) is 82.5 cm³/mol. The summed E-state index contributed by atoms with van der Waals surface area (Å²) in [5.74, 6) is -1.66. The SMILES string of the molecule is NC(=O)C1CC(=O)N(c2cc(C(F)(F)F)ccc2N2CCCC2)C1. The fourth-order valence-electron chi connectivity index (χ4n) is 3.27. The van der Waals surface area contributed by atoms with Crippen molar-refractivity contribution in [3.8, 4) is 0 Å². The number of carbonyl (C=O) groups excluding carboxylic acids is 2. The van der Waals surface area contributed by atoms with Crippen LogP contribution >= 0.6 is 0 Å². The molecule has 2 aliphatic heterocycles. The third-order valence-electron chi connectivity index (χ3n) is 4.57. The minimum absolute atomic E-state index is 0.0241. The summed E-state index contributed by atoms with van der Waals surface area (Å²) in [6.07, 6.45) is -2.65. The van der Waals surface area contributed by atoms with E-state index in [2.05, 4.69) is 0 Å². The molecular weight excluding hydrogens is 323 g/mol. The number of nitrogens with two attached hydrogens (primary N) is 1. The van der Waals surface area contributed by atoms with Crippen molar-refractivity contribution in [2.75, 3.05) is 29.4 Å². The fraction of sp³-hybridized carbons (Fsp3) is 0.500. The minimum Gasteiger partial charge on any atom is -0.370 e. The molecule has 2 aliphatic rings. The third kappa shape index (κ3) is 3.05. The highest BCUT2D eigenvalue weighted by Crippen LogP contribution is 2.40. The Hall–Kier alpha value is -2.25. The van der Waals surface area contributed by atoms with Gasteiger partial charge in [-0.1, -0.05) is 0 Å². The van der Waals surface area contributed by atoms with Crippen LogP contribution in [0, 0.1) is 5.92 Å². The summed E-state index contributed by atoms with van der Waals surface area (Å²) >= 11 is 0. The van der Waals surface area contributed by atoms with Crippen molar-refractivity contribution in [1.29, 1.82) is 0 Å². The maximum Gasteiger partial charge on any atom is 0.416 e. The molecule has 3 rings (SSSR count). The van der Waals surface area contributed by atoms with Crippen molar-refractivity contribution in [2.24, 2.45) is 11.7 Å². The van der Waals surface area contributed by atoms with Gasteiger partial charge in [-0.05, 0) is 31.0 Å². The summed E-state index contributed by atoms with van der Waals surface area (Å²) in [6, 6.07) is 3.44. The Morgan fingerprint density at radius 2 is 1.83 bits per heavy atom. The van der Waals surface area contributed by atoms with Gasteiger partial charge in [0.25, 0.3) is 0 Å². The highest BCUT2D eigenvalue weighted by atomic mass is 19.4. The van der Waals surface area contributed by atoms with Crippen LogP contribution in [0.2, 0.25) is 0 Å². The monoisotopic (exact) mass is 341 g/mol. The van der Waals surface area contributed by atoms with Crippen LogP contribution in [-0.4, -0.2) is 31.4 Å². The standard InChI is InChI=1S/C16H18F3N3O2/c17-16(18,19)11-3-4-12(21-5-1-2-6-21)13(8-11)22-9-10(15(20)24)7-14(22)23/h3-4,8,10H,1-2,5-7,9H2,(H2,20,24). The van der Waals surface area contributed by atoms with Gasteiger partial charge in [-0.15, -0.1) is 0 Å². The molecule has 2 fully saturated rings. The molecule has 0 radical (unpaired) electrons. The molecule has 1 atom stereocenters. The first-order chi connectivity index (χ1) is 11.3. The lowest BCUT2D eigenvalue weighted by atomic mass is 10.1. The maximum atomic E-state index is 13.1. The molecule has 2 N–H and O–H groups in total. The van der Waals surface area contributed by atoms with E-state index in [1.54, 1.807) is 0 Å². The number of amides is 2. The Bertz CT molecular complexity index is 669. The van der Waals surface area contributed by atoms with E-state index in [1.165, 1.54) is 11.0 Å². The fourth-order valence-corrected chi connectivity index (χ4v) is 3.27. The molecule has 0 spiro atoms. The van der Waals surface area contributed by atoms with Crippen LogP contribution < -0.4 is 15.5 Å². The normalized spacial score (nSPS) is 21.6. The number of nitrogens with zero attached hydrogens (tertiary/aromatic N) is 2. The van der Waals surface area contributed by atoms with E-state index < -0.39 is 23.6 Å². The molecule has 8 heteroatoms. The quantitative estimate of drug-likeness (QED) is 0.916. The Kier molecular flexibility index (Phi) is 4.15. The molecule has 0 aromatic heterocycles. The molecule has 0 bridgehead atoms. The summed E-state index contributed by atoms with van der Waals surface area (Å²) in [5, 5.41) is 0. The number of anilines is 2. The first-order valence-corrected chi connectivity index (χ1v) is 7.83. The topological polar surface area (TPSA) is 66.6 Å². The van der Waals surface area contributed by atoms with Gasteiger partial charge in [0, 0.05) is 26.1 Å². The molecule has 1 aromatic rings. The first-order valence-electron chi connectivity index (χ1n) is 7.83. The second kappa shape index (κ2) is 5.99. The molecule has 0 aliphatic carbocycles.